The van der Waals surface area contributed by atoms with E-state index in [2.05, 4.69) is 5.32 Å². The second-order valence-electron chi connectivity index (χ2n) is 6.86. The molecule has 9 nitrogen and oxygen atoms in total. The second kappa shape index (κ2) is 11.6. The zero-order valence-corrected chi connectivity index (χ0v) is 18.4. The lowest BCUT2D eigenvalue weighted by Gasteiger charge is -2.12. The zero-order valence-electron chi connectivity index (χ0n) is 18.4. The summed E-state index contributed by atoms with van der Waals surface area (Å²) >= 11 is 0. The Hall–Kier alpha value is -3.72. The van der Waals surface area contributed by atoms with E-state index in [1.54, 1.807) is 36.4 Å². The third-order valence-electron chi connectivity index (χ3n) is 3.95. The molecule has 0 bridgehead atoms. The van der Waals surface area contributed by atoms with Gasteiger partial charge in [0, 0.05) is 34.2 Å². The van der Waals surface area contributed by atoms with Gasteiger partial charge in [-0.25, -0.2) is 0 Å². The fourth-order valence-electron chi connectivity index (χ4n) is 2.78. The molecule has 0 saturated heterocycles. The van der Waals surface area contributed by atoms with Crippen LogP contribution in [0.5, 0.6) is 23.0 Å². The number of esters is 4. The molecule has 170 valence electrons. The highest BCUT2D eigenvalue weighted by molar-refractivity contribution is 5.74. The van der Waals surface area contributed by atoms with E-state index in [1.807, 2.05) is 0 Å². The van der Waals surface area contributed by atoms with Crippen LogP contribution in [0.25, 0.3) is 0 Å². The Morgan fingerprint density at radius 3 is 1.50 bits per heavy atom. The predicted octanol–water partition coefficient (Wildman–Crippen LogP) is 2.72. The van der Waals surface area contributed by atoms with E-state index in [0.29, 0.717) is 19.5 Å². The molecule has 0 saturated carbocycles. The van der Waals surface area contributed by atoms with Gasteiger partial charge in [-0.1, -0.05) is 12.1 Å². The van der Waals surface area contributed by atoms with Gasteiger partial charge in [0.05, 0.1) is 0 Å². The Morgan fingerprint density at radius 2 is 1.03 bits per heavy atom. The molecule has 9 heteroatoms. The third-order valence-corrected chi connectivity index (χ3v) is 3.95. The van der Waals surface area contributed by atoms with Crippen molar-refractivity contribution in [3.63, 3.8) is 0 Å². The first kappa shape index (κ1) is 24.5. The Morgan fingerprint density at radius 1 is 0.625 bits per heavy atom. The minimum atomic E-state index is -0.524. The van der Waals surface area contributed by atoms with Gasteiger partial charge in [0.1, 0.15) is 0 Å². The summed E-state index contributed by atoms with van der Waals surface area (Å²) in [5.41, 5.74) is 1.69. The first-order valence-electron chi connectivity index (χ1n) is 9.84. The van der Waals surface area contributed by atoms with Gasteiger partial charge < -0.3 is 24.3 Å². The average Bonchev–Trinajstić information content (AvgIpc) is 2.67. The largest absolute Gasteiger partial charge is 0.423 e. The van der Waals surface area contributed by atoms with Crippen LogP contribution in [-0.2, 0) is 32.1 Å². The molecule has 0 aliphatic rings. The number of benzene rings is 2. The summed E-state index contributed by atoms with van der Waals surface area (Å²) in [7, 11) is 0. The summed E-state index contributed by atoms with van der Waals surface area (Å²) in [6.07, 6.45) is 0.608. The van der Waals surface area contributed by atoms with Crippen LogP contribution in [0.3, 0.4) is 0 Å². The van der Waals surface area contributed by atoms with Crippen molar-refractivity contribution in [1.82, 2.24) is 5.32 Å². The van der Waals surface area contributed by atoms with E-state index in [-0.39, 0.29) is 23.0 Å². The van der Waals surface area contributed by atoms with Gasteiger partial charge in [0.25, 0.3) is 0 Å². The van der Waals surface area contributed by atoms with Crippen LogP contribution < -0.4 is 24.3 Å². The quantitative estimate of drug-likeness (QED) is 0.355. The minimum Gasteiger partial charge on any atom is -0.423 e. The summed E-state index contributed by atoms with van der Waals surface area (Å²) in [5, 5.41) is 3.26. The van der Waals surface area contributed by atoms with Crippen LogP contribution in [0, 0.1) is 0 Å². The van der Waals surface area contributed by atoms with Gasteiger partial charge in [-0.15, -0.1) is 0 Å². The molecule has 0 radical (unpaired) electrons. The van der Waals surface area contributed by atoms with Crippen LogP contribution in [0.15, 0.2) is 36.4 Å². The van der Waals surface area contributed by atoms with Crippen LogP contribution >= 0.6 is 0 Å². The van der Waals surface area contributed by atoms with Crippen molar-refractivity contribution in [2.45, 2.75) is 40.7 Å². The monoisotopic (exact) mass is 443 g/mol. The average molecular weight is 443 g/mol. The summed E-state index contributed by atoms with van der Waals surface area (Å²) in [6.45, 7) is 6.11. The zero-order chi connectivity index (χ0) is 23.7. The van der Waals surface area contributed by atoms with Crippen molar-refractivity contribution in [2.75, 3.05) is 6.54 Å². The molecule has 2 aromatic carbocycles. The highest BCUT2D eigenvalue weighted by Gasteiger charge is 2.13. The van der Waals surface area contributed by atoms with E-state index in [0.717, 1.165) is 11.1 Å². The fraction of sp³-hybridized carbons (Fsp3) is 0.304. The maximum atomic E-state index is 11.3. The molecule has 0 fully saturated rings. The van der Waals surface area contributed by atoms with Crippen LogP contribution in [0.4, 0.5) is 0 Å². The molecule has 0 heterocycles. The number of ether oxygens (including phenoxy) is 4. The lowest BCUT2D eigenvalue weighted by Crippen LogP contribution is -2.17. The molecular formula is C23H25NO8. The van der Waals surface area contributed by atoms with Crippen molar-refractivity contribution in [3.05, 3.63) is 47.5 Å². The van der Waals surface area contributed by atoms with Gasteiger partial charge in [-0.3, -0.25) is 19.2 Å². The summed E-state index contributed by atoms with van der Waals surface area (Å²) in [5.74, 6) is -1.38. The van der Waals surface area contributed by atoms with Crippen LogP contribution in [-0.4, -0.2) is 30.4 Å². The Bertz CT molecular complexity index is 934. The lowest BCUT2D eigenvalue weighted by atomic mass is 10.1. The van der Waals surface area contributed by atoms with E-state index < -0.39 is 23.9 Å². The molecule has 0 aliphatic heterocycles. The van der Waals surface area contributed by atoms with Crippen molar-refractivity contribution >= 4 is 23.9 Å². The molecule has 2 rings (SSSR count). The molecule has 0 unspecified atom stereocenters. The van der Waals surface area contributed by atoms with Crippen molar-refractivity contribution in [3.8, 4) is 23.0 Å². The first-order valence-corrected chi connectivity index (χ1v) is 9.84. The van der Waals surface area contributed by atoms with Crippen molar-refractivity contribution < 1.29 is 38.1 Å². The number of hydrogen-bond donors (Lipinski definition) is 1. The maximum Gasteiger partial charge on any atom is 0.308 e. The smallest absolute Gasteiger partial charge is 0.308 e. The van der Waals surface area contributed by atoms with Gasteiger partial charge >= 0.3 is 23.9 Å². The van der Waals surface area contributed by atoms with Crippen LogP contribution in [0.1, 0.15) is 38.8 Å². The first-order chi connectivity index (χ1) is 15.1. The molecule has 0 aliphatic carbocycles. The highest BCUT2D eigenvalue weighted by atomic mass is 16.6. The summed E-state index contributed by atoms with van der Waals surface area (Å²) in [4.78, 5) is 45.1. The lowest BCUT2D eigenvalue weighted by molar-refractivity contribution is -0.134. The molecule has 32 heavy (non-hydrogen) atoms. The summed E-state index contributed by atoms with van der Waals surface area (Å²) < 4.78 is 20.4. The number of carbonyl (C=O) groups is 4. The SMILES string of the molecule is CC(=O)Oc1ccc(CCNCc2ccc(OC(C)=O)c(OC(C)=O)c2)cc1OC(C)=O. The van der Waals surface area contributed by atoms with Gasteiger partial charge in [-0.05, 0) is 48.4 Å². The van der Waals surface area contributed by atoms with E-state index in [1.165, 1.54) is 27.7 Å². The number of nitrogens with one attached hydrogen (secondary N) is 1. The molecule has 0 amide bonds. The van der Waals surface area contributed by atoms with E-state index in [4.69, 9.17) is 18.9 Å². The number of rotatable bonds is 9. The van der Waals surface area contributed by atoms with Gasteiger partial charge in [-0.2, -0.15) is 0 Å². The molecular weight excluding hydrogens is 418 g/mol. The maximum absolute atomic E-state index is 11.3. The Labute approximate surface area is 185 Å². The third kappa shape index (κ3) is 8.19. The van der Waals surface area contributed by atoms with Crippen molar-refractivity contribution in [2.24, 2.45) is 0 Å². The Kier molecular flexibility index (Phi) is 8.91. The van der Waals surface area contributed by atoms with Crippen LogP contribution in [0.2, 0.25) is 0 Å². The van der Waals surface area contributed by atoms with Crippen molar-refractivity contribution in [1.29, 1.82) is 0 Å². The van der Waals surface area contributed by atoms with Gasteiger partial charge in [0.15, 0.2) is 23.0 Å². The molecule has 0 spiro atoms. The number of hydrogen-bond acceptors (Lipinski definition) is 9. The highest BCUT2D eigenvalue weighted by Crippen LogP contribution is 2.30. The van der Waals surface area contributed by atoms with E-state index in [9.17, 15) is 19.2 Å². The normalized spacial score (nSPS) is 10.2. The minimum absolute atomic E-state index is 0.166. The van der Waals surface area contributed by atoms with E-state index >= 15 is 0 Å². The second-order valence-corrected chi connectivity index (χ2v) is 6.86. The molecule has 0 atom stereocenters. The van der Waals surface area contributed by atoms with Gasteiger partial charge in [0.2, 0.25) is 0 Å². The topological polar surface area (TPSA) is 117 Å². The molecule has 2 aromatic rings. The number of carbonyl (C=O) groups excluding carboxylic acids is 4. The Balaban J connectivity index is 2.00. The molecule has 0 aromatic heterocycles. The predicted molar refractivity (Wildman–Crippen MR) is 114 cm³/mol. The standard InChI is InChI=1S/C23H25NO8/c1-14(25)29-20-7-5-18(11-22(20)31-16(3)27)9-10-24-13-19-6-8-21(30-15(2)26)23(12-19)32-17(4)28/h5-8,11-12,24H,9-10,13H2,1-4H3. The molecule has 1 N–H and O–H groups in total. The summed E-state index contributed by atoms with van der Waals surface area (Å²) in [6, 6.07) is 9.95. The fourth-order valence-corrected chi connectivity index (χ4v) is 2.78.